The molecule has 1 rings (SSSR count). The van der Waals surface area contributed by atoms with E-state index in [1.54, 1.807) is 0 Å². The molecule has 0 saturated heterocycles. The van der Waals surface area contributed by atoms with E-state index in [1.807, 2.05) is 0 Å². The normalized spacial score (nSPS) is 11.5. The number of hydrogen-bond acceptors (Lipinski definition) is 1. The lowest BCUT2D eigenvalue weighted by atomic mass is 10.2. The van der Waals surface area contributed by atoms with Gasteiger partial charge in [-0.15, -0.1) is 0 Å². The Morgan fingerprint density at radius 1 is 1.50 bits per heavy atom. The van der Waals surface area contributed by atoms with Crippen LogP contribution in [-0.2, 0) is 4.79 Å². The van der Waals surface area contributed by atoms with Crippen LogP contribution in [0, 0.1) is 5.82 Å². The SMILES string of the molecule is O=C(O)/C=C(\F)c1ccc(F)c(Br)c1. The molecule has 1 aromatic carbocycles. The molecule has 0 atom stereocenters. The molecule has 0 aliphatic carbocycles. The van der Waals surface area contributed by atoms with E-state index >= 15 is 0 Å². The highest BCUT2D eigenvalue weighted by atomic mass is 79.9. The zero-order valence-electron chi connectivity index (χ0n) is 6.80. The molecule has 0 bridgehead atoms. The summed E-state index contributed by atoms with van der Waals surface area (Å²) in [5.41, 5.74) is 0.0145. The number of carboxylic acids is 1. The Hall–Kier alpha value is -1.23. The molecule has 0 amide bonds. The third kappa shape index (κ3) is 2.63. The van der Waals surface area contributed by atoms with Crippen molar-refractivity contribution in [3.8, 4) is 0 Å². The summed E-state index contributed by atoms with van der Waals surface area (Å²) in [4.78, 5) is 10.1. The van der Waals surface area contributed by atoms with Crippen LogP contribution < -0.4 is 0 Å². The van der Waals surface area contributed by atoms with Gasteiger partial charge in [0.25, 0.3) is 0 Å². The Kier molecular flexibility index (Phi) is 3.35. The average molecular weight is 263 g/mol. The predicted molar refractivity (Wildman–Crippen MR) is 50.8 cm³/mol. The second-order valence-electron chi connectivity index (χ2n) is 2.46. The smallest absolute Gasteiger partial charge is 0.331 e. The zero-order chi connectivity index (χ0) is 10.7. The van der Waals surface area contributed by atoms with Crippen LogP contribution >= 0.6 is 15.9 Å². The molecule has 1 aromatic rings. The third-order valence-corrected chi connectivity index (χ3v) is 2.05. The van der Waals surface area contributed by atoms with Crippen molar-refractivity contribution < 1.29 is 18.7 Å². The fourth-order valence-electron chi connectivity index (χ4n) is 0.836. The van der Waals surface area contributed by atoms with Crippen molar-refractivity contribution in [2.24, 2.45) is 0 Å². The zero-order valence-corrected chi connectivity index (χ0v) is 8.38. The molecular formula is C9H5BrF2O2. The lowest BCUT2D eigenvalue weighted by Crippen LogP contribution is -1.90. The summed E-state index contributed by atoms with van der Waals surface area (Å²) in [5, 5.41) is 8.27. The van der Waals surface area contributed by atoms with Crippen LogP contribution in [0.25, 0.3) is 5.83 Å². The molecule has 0 aromatic heterocycles. The first kappa shape index (κ1) is 10.8. The first-order chi connectivity index (χ1) is 6.50. The van der Waals surface area contributed by atoms with Gasteiger partial charge in [-0.25, -0.2) is 13.6 Å². The summed E-state index contributed by atoms with van der Waals surface area (Å²) >= 11 is 2.86. The van der Waals surface area contributed by atoms with Crippen LogP contribution in [0.5, 0.6) is 0 Å². The molecule has 0 aliphatic rings. The van der Waals surface area contributed by atoms with Gasteiger partial charge in [-0.1, -0.05) is 0 Å². The van der Waals surface area contributed by atoms with E-state index in [2.05, 4.69) is 15.9 Å². The second-order valence-corrected chi connectivity index (χ2v) is 3.31. The Labute approximate surface area is 87.0 Å². The molecule has 0 spiro atoms. The third-order valence-electron chi connectivity index (χ3n) is 1.45. The largest absolute Gasteiger partial charge is 0.478 e. The summed E-state index contributed by atoms with van der Waals surface area (Å²) in [5.74, 6) is -2.84. The van der Waals surface area contributed by atoms with E-state index in [1.165, 1.54) is 6.07 Å². The summed E-state index contributed by atoms with van der Waals surface area (Å²) in [6, 6.07) is 3.38. The Balaban J connectivity index is 3.09. The van der Waals surface area contributed by atoms with Gasteiger partial charge >= 0.3 is 5.97 Å². The van der Waals surface area contributed by atoms with Gasteiger partial charge in [-0.3, -0.25) is 0 Å². The van der Waals surface area contributed by atoms with E-state index in [0.717, 1.165) is 12.1 Å². The van der Waals surface area contributed by atoms with Crippen molar-refractivity contribution in [1.82, 2.24) is 0 Å². The van der Waals surface area contributed by atoms with E-state index < -0.39 is 17.6 Å². The summed E-state index contributed by atoms with van der Waals surface area (Å²) in [6.07, 6.45) is 0.416. The van der Waals surface area contributed by atoms with E-state index in [9.17, 15) is 13.6 Å². The summed E-state index contributed by atoms with van der Waals surface area (Å²) < 4.78 is 25.8. The van der Waals surface area contributed by atoms with Crippen LogP contribution in [0.3, 0.4) is 0 Å². The van der Waals surface area contributed by atoms with E-state index in [-0.39, 0.29) is 10.0 Å². The number of rotatable bonds is 2. The number of aliphatic carboxylic acids is 1. The molecular weight excluding hydrogens is 258 g/mol. The predicted octanol–water partition coefficient (Wildman–Crippen LogP) is 2.98. The molecule has 0 unspecified atom stereocenters. The molecule has 0 heterocycles. The van der Waals surface area contributed by atoms with Gasteiger partial charge in [-0.05, 0) is 34.1 Å². The van der Waals surface area contributed by atoms with E-state index in [0.29, 0.717) is 6.08 Å². The minimum Gasteiger partial charge on any atom is -0.478 e. The molecule has 1 N–H and O–H groups in total. The van der Waals surface area contributed by atoms with Crippen LogP contribution in [0.4, 0.5) is 8.78 Å². The second kappa shape index (κ2) is 4.32. The maximum absolute atomic E-state index is 13.0. The van der Waals surface area contributed by atoms with Crippen LogP contribution in [0.15, 0.2) is 28.7 Å². The van der Waals surface area contributed by atoms with Gasteiger partial charge in [0.15, 0.2) is 0 Å². The van der Waals surface area contributed by atoms with Crippen molar-refractivity contribution in [2.45, 2.75) is 0 Å². The highest BCUT2D eigenvalue weighted by Gasteiger charge is 2.06. The van der Waals surface area contributed by atoms with Crippen molar-refractivity contribution >= 4 is 27.7 Å². The van der Waals surface area contributed by atoms with Gasteiger partial charge in [-0.2, -0.15) is 0 Å². The summed E-state index contributed by atoms with van der Waals surface area (Å²) in [7, 11) is 0. The maximum Gasteiger partial charge on any atom is 0.331 e. The van der Waals surface area contributed by atoms with Gasteiger partial charge in [0.1, 0.15) is 11.6 Å². The molecule has 0 fully saturated rings. The minimum absolute atomic E-state index is 0.0145. The molecule has 0 saturated carbocycles. The molecule has 14 heavy (non-hydrogen) atoms. The Morgan fingerprint density at radius 2 is 2.14 bits per heavy atom. The standard InChI is InChI=1S/C9H5BrF2O2/c10-6-3-5(1-2-7(6)11)8(12)4-9(13)14/h1-4H,(H,13,14)/b8-4-. The van der Waals surface area contributed by atoms with E-state index in [4.69, 9.17) is 5.11 Å². The Bertz CT molecular complexity index is 402. The van der Waals surface area contributed by atoms with Crippen LogP contribution in [-0.4, -0.2) is 11.1 Å². The first-order valence-corrected chi connectivity index (χ1v) is 4.35. The Morgan fingerprint density at radius 3 is 2.64 bits per heavy atom. The van der Waals surface area contributed by atoms with Crippen molar-refractivity contribution in [2.75, 3.05) is 0 Å². The molecule has 2 nitrogen and oxygen atoms in total. The van der Waals surface area contributed by atoms with Crippen molar-refractivity contribution in [1.29, 1.82) is 0 Å². The fourth-order valence-corrected chi connectivity index (χ4v) is 1.22. The average Bonchev–Trinajstić information content (AvgIpc) is 2.08. The fraction of sp³-hybridized carbons (Fsp3) is 0. The minimum atomic E-state index is -1.39. The lowest BCUT2D eigenvalue weighted by Gasteiger charge is -1.98. The van der Waals surface area contributed by atoms with Gasteiger partial charge in [0.05, 0.1) is 10.5 Å². The molecule has 5 heteroatoms. The van der Waals surface area contributed by atoms with Gasteiger partial charge in [0.2, 0.25) is 0 Å². The number of halogens is 3. The van der Waals surface area contributed by atoms with Crippen LogP contribution in [0.2, 0.25) is 0 Å². The van der Waals surface area contributed by atoms with Gasteiger partial charge in [0, 0.05) is 5.56 Å². The quantitative estimate of drug-likeness (QED) is 0.833. The molecule has 0 radical (unpaired) electrons. The number of carbonyl (C=O) groups is 1. The molecule has 74 valence electrons. The highest BCUT2D eigenvalue weighted by Crippen LogP contribution is 2.22. The number of carboxylic acid groups (broad SMARTS) is 1. The maximum atomic E-state index is 13.0. The monoisotopic (exact) mass is 262 g/mol. The van der Waals surface area contributed by atoms with Crippen LogP contribution in [0.1, 0.15) is 5.56 Å². The topological polar surface area (TPSA) is 37.3 Å². The molecule has 0 aliphatic heterocycles. The number of benzene rings is 1. The van der Waals surface area contributed by atoms with Gasteiger partial charge < -0.3 is 5.11 Å². The first-order valence-electron chi connectivity index (χ1n) is 3.56. The lowest BCUT2D eigenvalue weighted by molar-refractivity contribution is -0.131. The summed E-state index contributed by atoms with van der Waals surface area (Å²) in [6.45, 7) is 0. The van der Waals surface area contributed by atoms with Crippen molar-refractivity contribution in [3.05, 3.63) is 40.1 Å². The number of hydrogen-bond donors (Lipinski definition) is 1. The highest BCUT2D eigenvalue weighted by molar-refractivity contribution is 9.10. The van der Waals surface area contributed by atoms with Crippen molar-refractivity contribution in [3.63, 3.8) is 0 Å².